The first-order chi connectivity index (χ1) is 12.6. The number of carbonyl (C=O) groups excluding carboxylic acids is 3. The maximum Gasteiger partial charge on any atom is 0.341 e. The number of ether oxygens (including phenoxy) is 1. The summed E-state index contributed by atoms with van der Waals surface area (Å²) in [5.41, 5.74) is 1.52. The summed E-state index contributed by atoms with van der Waals surface area (Å²) in [7, 11) is 0. The van der Waals surface area contributed by atoms with Crippen LogP contribution in [0, 0.1) is 0 Å². The molecule has 1 aliphatic rings. The lowest BCUT2D eigenvalue weighted by molar-refractivity contribution is -0.114. The van der Waals surface area contributed by atoms with Gasteiger partial charge in [-0.1, -0.05) is 6.07 Å². The van der Waals surface area contributed by atoms with Crippen molar-refractivity contribution in [3.8, 4) is 0 Å². The van der Waals surface area contributed by atoms with Crippen molar-refractivity contribution in [3.63, 3.8) is 0 Å². The van der Waals surface area contributed by atoms with Crippen molar-refractivity contribution in [1.29, 1.82) is 0 Å². The molecule has 1 aliphatic carbocycles. The lowest BCUT2D eigenvalue weighted by atomic mass is 9.95. The highest BCUT2D eigenvalue weighted by Crippen LogP contribution is 2.38. The van der Waals surface area contributed by atoms with E-state index < -0.39 is 5.97 Å². The van der Waals surface area contributed by atoms with Crippen LogP contribution in [-0.4, -0.2) is 24.3 Å². The Labute approximate surface area is 160 Å². The summed E-state index contributed by atoms with van der Waals surface area (Å²) >= 11 is 2.90. The van der Waals surface area contributed by atoms with Gasteiger partial charge in [0.05, 0.1) is 17.0 Å². The fraction of sp³-hybridized carbons (Fsp3) is 0.421. The molecule has 0 bridgehead atoms. The third-order valence-corrected chi connectivity index (χ3v) is 6.36. The van der Waals surface area contributed by atoms with E-state index in [1.807, 2.05) is 11.4 Å². The third-order valence-electron chi connectivity index (χ3n) is 4.24. The first-order valence-electron chi connectivity index (χ1n) is 8.72. The predicted molar refractivity (Wildman–Crippen MR) is 103 cm³/mol. The number of hydrogen-bond donors (Lipinski definition) is 1. The number of Topliss-reactive ketones (excluding diaryl/α,β-unsaturated/α-hetero) is 1. The van der Waals surface area contributed by atoms with E-state index in [1.165, 1.54) is 34.5 Å². The van der Waals surface area contributed by atoms with Crippen LogP contribution in [0.4, 0.5) is 5.00 Å². The topological polar surface area (TPSA) is 72.5 Å². The number of nitrogens with one attached hydrogen (secondary N) is 1. The van der Waals surface area contributed by atoms with Gasteiger partial charge in [0.15, 0.2) is 5.78 Å². The number of ketones is 1. The molecule has 0 saturated carbocycles. The fourth-order valence-electron chi connectivity index (χ4n) is 3.06. The number of carbonyl (C=O) groups is 3. The maximum absolute atomic E-state index is 12.6. The average Bonchev–Trinajstić information content (AvgIpc) is 3.25. The molecule has 2 aromatic heterocycles. The van der Waals surface area contributed by atoms with Crippen molar-refractivity contribution in [1.82, 2.24) is 0 Å². The quantitative estimate of drug-likeness (QED) is 0.429. The number of amides is 1. The molecule has 0 radical (unpaired) electrons. The summed E-state index contributed by atoms with van der Waals surface area (Å²) in [5.74, 6) is -0.529. The van der Waals surface area contributed by atoms with E-state index in [-0.39, 0.29) is 18.3 Å². The van der Waals surface area contributed by atoms with Crippen LogP contribution in [0.25, 0.3) is 0 Å². The van der Waals surface area contributed by atoms with Crippen molar-refractivity contribution < 1.29 is 19.1 Å². The summed E-state index contributed by atoms with van der Waals surface area (Å²) in [6, 6.07) is 3.65. The molecule has 138 valence electrons. The van der Waals surface area contributed by atoms with Crippen molar-refractivity contribution in [2.24, 2.45) is 0 Å². The van der Waals surface area contributed by atoms with Crippen molar-refractivity contribution >= 4 is 45.3 Å². The molecule has 0 unspecified atom stereocenters. The summed E-state index contributed by atoms with van der Waals surface area (Å²) in [4.78, 5) is 37.9. The maximum atomic E-state index is 12.6. The minimum absolute atomic E-state index is 0.0721. The lowest BCUT2D eigenvalue weighted by Gasteiger charge is -2.12. The summed E-state index contributed by atoms with van der Waals surface area (Å²) in [5, 5.41) is 5.22. The van der Waals surface area contributed by atoms with Crippen LogP contribution in [0.5, 0.6) is 0 Å². The number of anilines is 1. The normalized spacial score (nSPS) is 13.1. The molecule has 3 rings (SSSR count). The largest absolute Gasteiger partial charge is 0.462 e. The Morgan fingerprint density at radius 1 is 1.23 bits per heavy atom. The first kappa shape index (κ1) is 18.8. The highest BCUT2D eigenvalue weighted by molar-refractivity contribution is 7.17. The van der Waals surface area contributed by atoms with Gasteiger partial charge in [-0.25, -0.2) is 4.79 Å². The Morgan fingerprint density at radius 3 is 2.77 bits per heavy atom. The third kappa shape index (κ3) is 4.40. The molecule has 0 atom stereocenters. The zero-order valence-electron chi connectivity index (χ0n) is 14.6. The molecule has 26 heavy (non-hydrogen) atoms. The molecule has 0 spiro atoms. The molecule has 5 nitrogen and oxygen atoms in total. The SMILES string of the molecule is CC(=O)Nc1sc2c(c1C(=O)OCCCC(=O)c1cccs1)CCCC2. The van der Waals surface area contributed by atoms with Crippen molar-refractivity contribution in [3.05, 3.63) is 38.4 Å². The zero-order valence-corrected chi connectivity index (χ0v) is 16.3. The van der Waals surface area contributed by atoms with E-state index in [2.05, 4.69) is 5.32 Å². The minimum Gasteiger partial charge on any atom is -0.462 e. The lowest BCUT2D eigenvalue weighted by Crippen LogP contribution is -2.14. The Hall–Kier alpha value is -1.99. The van der Waals surface area contributed by atoms with Gasteiger partial charge in [0, 0.05) is 18.2 Å². The van der Waals surface area contributed by atoms with E-state index in [0.717, 1.165) is 36.1 Å². The average molecular weight is 392 g/mol. The number of esters is 1. The highest BCUT2D eigenvalue weighted by atomic mass is 32.1. The molecule has 2 aromatic rings. The smallest absolute Gasteiger partial charge is 0.341 e. The van der Waals surface area contributed by atoms with E-state index in [1.54, 1.807) is 6.07 Å². The molecule has 0 fully saturated rings. The Kier molecular flexibility index (Phi) is 6.21. The van der Waals surface area contributed by atoms with Crippen LogP contribution in [0.1, 0.15) is 63.1 Å². The second-order valence-corrected chi connectivity index (χ2v) is 8.29. The molecule has 0 aliphatic heterocycles. The zero-order chi connectivity index (χ0) is 18.5. The Bertz CT molecular complexity index is 808. The first-order valence-corrected chi connectivity index (χ1v) is 10.4. The molecule has 7 heteroatoms. The molecule has 2 heterocycles. The van der Waals surface area contributed by atoms with Crippen LogP contribution in [0.3, 0.4) is 0 Å². The van der Waals surface area contributed by atoms with Gasteiger partial charge in [0.25, 0.3) is 0 Å². The molecular weight excluding hydrogens is 370 g/mol. The molecule has 0 aromatic carbocycles. The Balaban J connectivity index is 1.61. The Morgan fingerprint density at radius 2 is 2.04 bits per heavy atom. The number of rotatable bonds is 7. The second-order valence-electron chi connectivity index (χ2n) is 6.24. The predicted octanol–water partition coefficient (Wildman–Crippen LogP) is 4.47. The van der Waals surface area contributed by atoms with Crippen LogP contribution in [0.15, 0.2) is 17.5 Å². The van der Waals surface area contributed by atoms with Gasteiger partial charge in [-0.05, 0) is 49.1 Å². The minimum atomic E-state index is -0.406. The number of thiophene rings is 2. The second kappa shape index (κ2) is 8.60. The van der Waals surface area contributed by atoms with Gasteiger partial charge >= 0.3 is 5.97 Å². The van der Waals surface area contributed by atoms with Gasteiger partial charge in [-0.3, -0.25) is 9.59 Å². The summed E-state index contributed by atoms with van der Waals surface area (Å²) in [6.07, 6.45) is 4.77. The van der Waals surface area contributed by atoms with E-state index in [0.29, 0.717) is 23.4 Å². The van der Waals surface area contributed by atoms with Crippen LogP contribution in [0.2, 0.25) is 0 Å². The van der Waals surface area contributed by atoms with E-state index >= 15 is 0 Å². The van der Waals surface area contributed by atoms with Gasteiger partial charge in [-0.2, -0.15) is 0 Å². The van der Waals surface area contributed by atoms with Gasteiger partial charge in [-0.15, -0.1) is 22.7 Å². The van der Waals surface area contributed by atoms with Gasteiger partial charge < -0.3 is 10.1 Å². The number of hydrogen-bond acceptors (Lipinski definition) is 6. The van der Waals surface area contributed by atoms with E-state index in [9.17, 15) is 14.4 Å². The van der Waals surface area contributed by atoms with Crippen molar-refractivity contribution in [2.45, 2.75) is 45.4 Å². The van der Waals surface area contributed by atoms with Crippen LogP contribution in [-0.2, 0) is 22.4 Å². The number of aryl methyl sites for hydroxylation is 1. The molecular formula is C19H21NO4S2. The standard InChI is InChI=1S/C19H21NO4S2/c1-12(21)20-18-17(13-6-2-3-8-15(13)26-18)19(23)24-10-4-7-14(22)16-9-5-11-25-16/h5,9,11H,2-4,6-8,10H2,1H3,(H,20,21). The van der Waals surface area contributed by atoms with Gasteiger partial charge in [0.1, 0.15) is 5.00 Å². The molecule has 0 saturated heterocycles. The van der Waals surface area contributed by atoms with Crippen LogP contribution >= 0.6 is 22.7 Å². The molecule has 1 amide bonds. The molecule has 1 N–H and O–H groups in total. The fourth-order valence-corrected chi connectivity index (χ4v) is 5.08. The highest BCUT2D eigenvalue weighted by Gasteiger charge is 2.26. The van der Waals surface area contributed by atoms with Gasteiger partial charge in [0.2, 0.25) is 5.91 Å². The summed E-state index contributed by atoms with van der Waals surface area (Å²) in [6.45, 7) is 1.63. The number of fused-ring (bicyclic) bond motifs is 1. The van der Waals surface area contributed by atoms with Crippen molar-refractivity contribution in [2.75, 3.05) is 11.9 Å². The summed E-state index contributed by atoms with van der Waals surface area (Å²) < 4.78 is 5.41. The monoisotopic (exact) mass is 391 g/mol. The van der Waals surface area contributed by atoms with E-state index in [4.69, 9.17) is 4.74 Å². The van der Waals surface area contributed by atoms with Crippen LogP contribution < -0.4 is 5.32 Å².